The fourth-order valence-corrected chi connectivity index (χ4v) is 2.47. The van der Waals surface area contributed by atoms with E-state index in [1.54, 1.807) is 42.1 Å². The number of rotatable bonds is 2. The Morgan fingerprint density at radius 3 is 1.17 bits per heavy atom. The minimum absolute atomic E-state index is 0.0880. The van der Waals surface area contributed by atoms with Crippen LogP contribution in [-0.2, 0) is 0 Å². The van der Waals surface area contributed by atoms with Crippen molar-refractivity contribution >= 4 is 11.8 Å². The maximum Gasteiger partial charge on any atom is 0.119 e. The molecule has 0 aromatic heterocycles. The Labute approximate surface area is 138 Å². The Morgan fingerprint density at radius 1 is 0.478 bits per heavy atom. The lowest BCUT2D eigenvalue weighted by Gasteiger charge is -2.01. The number of hydrogen-bond acceptors (Lipinski definition) is 5. The third kappa shape index (κ3) is 5.84. The molecule has 3 rings (SSSR count). The van der Waals surface area contributed by atoms with Crippen LogP contribution in [0.1, 0.15) is 0 Å². The summed E-state index contributed by atoms with van der Waals surface area (Å²) in [6, 6.07) is 19.9. The molecule has 0 aliphatic heterocycles. The van der Waals surface area contributed by atoms with Crippen LogP contribution in [0, 0.1) is 0 Å². The van der Waals surface area contributed by atoms with E-state index in [2.05, 4.69) is 0 Å². The first-order chi connectivity index (χ1) is 11.0. The van der Waals surface area contributed by atoms with Crippen molar-refractivity contribution in [1.29, 1.82) is 0 Å². The fourth-order valence-electron chi connectivity index (χ4n) is 1.66. The third-order valence-corrected chi connectivity index (χ3v) is 3.75. The highest BCUT2D eigenvalue weighted by atomic mass is 32.2. The van der Waals surface area contributed by atoms with Crippen molar-refractivity contribution in [2.24, 2.45) is 0 Å². The van der Waals surface area contributed by atoms with E-state index in [0.717, 1.165) is 9.79 Å². The molecule has 0 aliphatic rings. The van der Waals surface area contributed by atoms with Crippen LogP contribution in [0.5, 0.6) is 23.0 Å². The monoisotopic (exact) mass is 328 g/mol. The molecular formula is C18H16O4S. The molecule has 3 aromatic rings. The highest BCUT2D eigenvalue weighted by molar-refractivity contribution is 7.99. The van der Waals surface area contributed by atoms with E-state index in [1.165, 1.54) is 18.2 Å². The van der Waals surface area contributed by atoms with Crippen molar-refractivity contribution in [2.45, 2.75) is 9.79 Å². The second kappa shape index (κ2) is 8.00. The van der Waals surface area contributed by atoms with Crippen LogP contribution in [0.2, 0.25) is 0 Å². The SMILES string of the molecule is Oc1ccc(Sc2ccc(O)cc2)cc1.Oc1cccc(O)c1. The lowest BCUT2D eigenvalue weighted by molar-refractivity contribution is 0.450. The molecule has 0 amide bonds. The van der Waals surface area contributed by atoms with Crippen molar-refractivity contribution in [1.82, 2.24) is 0 Å². The summed E-state index contributed by atoms with van der Waals surface area (Å²) in [6.07, 6.45) is 0. The number of hydrogen-bond donors (Lipinski definition) is 4. The molecular weight excluding hydrogens is 312 g/mol. The Hall–Kier alpha value is -2.79. The lowest BCUT2D eigenvalue weighted by Crippen LogP contribution is -1.73. The highest BCUT2D eigenvalue weighted by Gasteiger charge is 1.97. The molecule has 4 nitrogen and oxygen atoms in total. The maximum absolute atomic E-state index is 9.12. The Morgan fingerprint density at radius 2 is 0.870 bits per heavy atom. The predicted octanol–water partition coefficient (Wildman–Crippen LogP) is 4.35. The first-order valence-electron chi connectivity index (χ1n) is 6.77. The molecule has 4 N–H and O–H groups in total. The molecule has 0 spiro atoms. The van der Waals surface area contributed by atoms with Crippen LogP contribution in [0.25, 0.3) is 0 Å². The number of aromatic hydroxyl groups is 4. The van der Waals surface area contributed by atoms with Gasteiger partial charge in [0.05, 0.1) is 0 Å². The second-order valence-electron chi connectivity index (χ2n) is 4.61. The lowest BCUT2D eigenvalue weighted by atomic mass is 10.3. The summed E-state index contributed by atoms with van der Waals surface area (Å²) < 4.78 is 0. The average molecular weight is 328 g/mol. The molecule has 118 valence electrons. The van der Waals surface area contributed by atoms with Gasteiger partial charge in [-0.15, -0.1) is 0 Å². The molecule has 0 aliphatic carbocycles. The van der Waals surface area contributed by atoms with Gasteiger partial charge in [-0.3, -0.25) is 0 Å². The third-order valence-electron chi connectivity index (χ3n) is 2.74. The van der Waals surface area contributed by atoms with Gasteiger partial charge in [-0.2, -0.15) is 0 Å². The van der Waals surface area contributed by atoms with Gasteiger partial charge in [0.1, 0.15) is 23.0 Å². The molecule has 0 unspecified atom stereocenters. The molecule has 0 radical (unpaired) electrons. The van der Waals surface area contributed by atoms with Crippen LogP contribution in [0.3, 0.4) is 0 Å². The smallest absolute Gasteiger partial charge is 0.119 e. The second-order valence-corrected chi connectivity index (χ2v) is 5.76. The Balaban J connectivity index is 0.000000203. The van der Waals surface area contributed by atoms with Gasteiger partial charge < -0.3 is 20.4 Å². The summed E-state index contributed by atoms with van der Waals surface area (Å²) in [5, 5.41) is 35.5. The fraction of sp³-hybridized carbons (Fsp3) is 0. The normalized spacial score (nSPS) is 9.74. The highest BCUT2D eigenvalue weighted by Crippen LogP contribution is 2.29. The van der Waals surface area contributed by atoms with Crippen LogP contribution >= 0.6 is 11.8 Å². The molecule has 3 aromatic carbocycles. The van der Waals surface area contributed by atoms with Crippen LogP contribution in [0.15, 0.2) is 82.6 Å². The van der Waals surface area contributed by atoms with E-state index in [4.69, 9.17) is 20.4 Å². The average Bonchev–Trinajstić information content (AvgIpc) is 2.52. The number of phenols is 4. The van der Waals surface area contributed by atoms with Gasteiger partial charge >= 0.3 is 0 Å². The van der Waals surface area contributed by atoms with Crippen LogP contribution in [-0.4, -0.2) is 20.4 Å². The quantitative estimate of drug-likeness (QED) is 0.562. The molecule has 23 heavy (non-hydrogen) atoms. The number of benzene rings is 3. The summed E-state index contributed by atoms with van der Waals surface area (Å²) in [5.74, 6) is 0.713. The van der Waals surface area contributed by atoms with E-state index in [-0.39, 0.29) is 23.0 Å². The summed E-state index contributed by atoms with van der Waals surface area (Å²) in [7, 11) is 0. The van der Waals surface area contributed by atoms with Crippen molar-refractivity contribution in [3.8, 4) is 23.0 Å². The summed E-state index contributed by atoms with van der Waals surface area (Å²) in [5.41, 5.74) is 0. The van der Waals surface area contributed by atoms with Crippen LogP contribution < -0.4 is 0 Å². The van der Waals surface area contributed by atoms with E-state index in [1.807, 2.05) is 24.3 Å². The molecule has 0 saturated carbocycles. The topological polar surface area (TPSA) is 80.9 Å². The zero-order valence-electron chi connectivity index (χ0n) is 12.1. The predicted molar refractivity (Wildman–Crippen MR) is 90.1 cm³/mol. The zero-order chi connectivity index (χ0) is 16.7. The van der Waals surface area contributed by atoms with E-state index in [9.17, 15) is 0 Å². The Bertz CT molecular complexity index is 679. The van der Waals surface area contributed by atoms with Crippen molar-refractivity contribution < 1.29 is 20.4 Å². The van der Waals surface area contributed by atoms with E-state index < -0.39 is 0 Å². The van der Waals surface area contributed by atoms with Gasteiger partial charge in [-0.05, 0) is 60.7 Å². The molecule has 0 fully saturated rings. The van der Waals surface area contributed by atoms with E-state index in [0.29, 0.717) is 0 Å². The zero-order valence-corrected chi connectivity index (χ0v) is 12.9. The van der Waals surface area contributed by atoms with Gasteiger partial charge in [-0.25, -0.2) is 0 Å². The van der Waals surface area contributed by atoms with Gasteiger partial charge in [0, 0.05) is 15.9 Å². The molecule has 0 heterocycles. The van der Waals surface area contributed by atoms with Crippen LogP contribution in [0.4, 0.5) is 0 Å². The summed E-state index contributed by atoms with van der Waals surface area (Å²) >= 11 is 1.58. The molecule has 5 heteroatoms. The largest absolute Gasteiger partial charge is 0.508 e. The Kier molecular flexibility index (Phi) is 5.77. The van der Waals surface area contributed by atoms with Gasteiger partial charge in [0.15, 0.2) is 0 Å². The minimum Gasteiger partial charge on any atom is -0.508 e. The molecule has 0 bridgehead atoms. The summed E-state index contributed by atoms with van der Waals surface area (Å²) in [6.45, 7) is 0. The molecule has 0 saturated heterocycles. The molecule has 0 atom stereocenters. The maximum atomic E-state index is 9.12. The van der Waals surface area contributed by atoms with Crippen molar-refractivity contribution in [2.75, 3.05) is 0 Å². The van der Waals surface area contributed by atoms with Gasteiger partial charge in [0.25, 0.3) is 0 Å². The van der Waals surface area contributed by atoms with Gasteiger partial charge in [0.2, 0.25) is 0 Å². The minimum atomic E-state index is 0.0880. The van der Waals surface area contributed by atoms with Crippen molar-refractivity contribution in [3.63, 3.8) is 0 Å². The standard InChI is InChI=1S/C12H10O2S.C6H6O2/c13-9-1-5-11(6-2-9)15-12-7-3-10(14)4-8-12;7-5-2-1-3-6(8)4-5/h1-8,13-14H;1-4,7-8H. The van der Waals surface area contributed by atoms with Crippen molar-refractivity contribution in [3.05, 3.63) is 72.8 Å². The first-order valence-corrected chi connectivity index (χ1v) is 7.58. The van der Waals surface area contributed by atoms with E-state index >= 15 is 0 Å². The van der Waals surface area contributed by atoms with Gasteiger partial charge in [-0.1, -0.05) is 17.8 Å². The number of phenolic OH excluding ortho intramolecular Hbond substituents is 4. The first kappa shape index (κ1) is 16.6. The summed E-state index contributed by atoms with van der Waals surface area (Å²) in [4.78, 5) is 2.11.